The van der Waals surface area contributed by atoms with E-state index in [9.17, 15) is 4.79 Å². The number of amides is 1. The van der Waals surface area contributed by atoms with Crippen LogP contribution >= 0.6 is 23.2 Å². The molecule has 1 aromatic carbocycles. The predicted octanol–water partition coefficient (Wildman–Crippen LogP) is 2.36. The molecule has 0 radical (unpaired) electrons. The minimum Gasteiger partial charge on any atom is -0.341 e. The van der Waals surface area contributed by atoms with Crippen molar-refractivity contribution in [1.29, 1.82) is 0 Å². The SMILES string of the molecule is O=C(Cc1c(Cl)cccc1Cl)N1CCCNCC1. The van der Waals surface area contributed by atoms with Crippen LogP contribution in [0.15, 0.2) is 18.2 Å². The van der Waals surface area contributed by atoms with E-state index in [-0.39, 0.29) is 12.3 Å². The second-order valence-corrected chi connectivity index (χ2v) is 5.18. The van der Waals surface area contributed by atoms with Crippen LogP contribution < -0.4 is 5.32 Å². The molecule has 1 aliphatic heterocycles. The molecule has 1 amide bonds. The van der Waals surface area contributed by atoms with Gasteiger partial charge < -0.3 is 10.2 Å². The van der Waals surface area contributed by atoms with Crippen molar-refractivity contribution >= 4 is 29.1 Å². The van der Waals surface area contributed by atoms with Crippen molar-refractivity contribution in [2.24, 2.45) is 0 Å². The van der Waals surface area contributed by atoms with Crippen LogP contribution in [0.25, 0.3) is 0 Å². The van der Waals surface area contributed by atoms with Crippen LogP contribution in [-0.2, 0) is 11.2 Å². The fourth-order valence-corrected chi connectivity index (χ4v) is 2.59. The molecular weight excluding hydrogens is 271 g/mol. The normalized spacial score (nSPS) is 16.4. The van der Waals surface area contributed by atoms with E-state index in [0.29, 0.717) is 10.0 Å². The molecule has 98 valence electrons. The highest BCUT2D eigenvalue weighted by Gasteiger charge is 2.18. The van der Waals surface area contributed by atoms with Gasteiger partial charge in [0.2, 0.25) is 5.91 Å². The summed E-state index contributed by atoms with van der Waals surface area (Å²) in [6, 6.07) is 5.31. The van der Waals surface area contributed by atoms with E-state index in [0.717, 1.165) is 38.2 Å². The molecule has 2 rings (SSSR count). The van der Waals surface area contributed by atoms with Gasteiger partial charge in [-0.05, 0) is 30.7 Å². The van der Waals surface area contributed by atoms with Gasteiger partial charge in [0.25, 0.3) is 0 Å². The Kier molecular flexibility index (Phi) is 4.87. The maximum absolute atomic E-state index is 12.2. The number of hydrogen-bond acceptors (Lipinski definition) is 2. The molecule has 0 bridgehead atoms. The Morgan fingerprint density at radius 2 is 1.94 bits per heavy atom. The summed E-state index contributed by atoms with van der Waals surface area (Å²) in [4.78, 5) is 14.1. The zero-order chi connectivity index (χ0) is 13.0. The molecule has 1 aliphatic rings. The molecule has 18 heavy (non-hydrogen) atoms. The summed E-state index contributed by atoms with van der Waals surface area (Å²) in [5.74, 6) is 0.0914. The molecule has 0 aliphatic carbocycles. The summed E-state index contributed by atoms with van der Waals surface area (Å²) in [6.45, 7) is 3.37. The summed E-state index contributed by atoms with van der Waals surface area (Å²) in [7, 11) is 0. The second-order valence-electron chi connectivity index (χ2n) is 4.36. The number of halogens is 2. The molecule has 1 heterocycles. The summed E-state index contributed by atoms with van der Waals surface area (Å²) < 4.78 is 0. The molecule has 1 fully saturated rings. The van der Waals surface area contributed by atoms with Crippen molar-refractivity contribution in [2.75, 3.05) is 26.2 Å². The van der Waals surface area contributed by atoms with Crippen LogP contribution in [0.1, 0.15) is 12.0 Å². The lowest BCUT2D eigenvalue weighted by atomic mass is 10.1. The van der Waals surface area contributed by atoms with Gasteiger partial charge in [0, 0.05) is 29.7 Å². The highest BCUT2D eigenvalue weighted by molar-refractivity contribution is 6.36. The van der Waals surface area contributed by atoms with E-state index in [2.05, 4.69) is 5.32 Å². The van der Waals surface area contributed by atoms with E-state index in [1.807, 2.05) is 4.90 Å². The smallest absolute Gasteiger partial charge is 0.227 e. The van der Waals surface area contributed by atoms with Crippen molar-refractivity contribution in [3.05, 3.63) is 33.8 Å². The number of carbonyl (C=O) groups is 1. The first-order valence-electron chi connectivity index (χ1n) is 6.10. The third kappa shape index (κ3) is 3.37. The molecule has 0 unspecified atom stereocenters. The van der Waals surface area contributed by atoms with E-state index in [1.54, 1.807) is 18.2 Å². The molecule has 5 heteroatoms. The highest BCUT2D eigenvalue weighted by Crippen LogP contribution is 2.25. The van der Waals surface area contributed by atoms with E-state index in [4.69, 9.17) is 23.2 Å². The van der Waals surface area contributed by atoms with Crippen LogP contribution in [0.3, 0.4) is 0 Å². The summed E-state index contributed by atoms with van der Waals surface area (Å²) in [6.07, 6.45) is 1.26. The number of hydrogen-bond donors (Lipinski definition) is 1. The van der Waals surface area contributed by atoms with Gasteiger partial charge in [-0.3, -0.25) is 4.79 Å². The quantitative estimate of drug-likeness (QED) is 0.905. The summed E-state index contributed by atoms with van der Waals surface area (Å²) in [5.41, 5.74) is 0.725. The molecule has 3 nitrogen and oxygen atoms in total. The van der Waals surface area contributed by atoms with E-state index >= 15 is 0 Å². The number of rotatable bonds is 2. The average molecular weight is 287 g/mol. The van der Waals surface area contributed by atoms with Crippen LogP contribution in [0.4, 0.5) is 0 Å². The lowest BCUT2D eigenvalue weighted by Crippen LogP contribution is -2.35. The van der Waals surface area contributed by atoms with E-state index in [1.165, 1.54) is 0 Å². The van der Waals surface area contributed by atoms with E-state index < -0.39 is 0 Å². The minimum atomic E-state index is 0.0914. The number of nitrogens with zero attached hydrogens (tertiary/aromatic N) is 1. The van der Waals surface area contributed by atoms with Crippen molar-refractivity contribution in [2.45, 2.75) is 12.8 Å². The van der Waals surface area contributed by atoms with Gasteiger partial charge in [0.1, 0.15) is 0 Å². The standard InChI is InChI=1S/C13H16Cl2N2O/c14-11-3-1-4-12(15)10(11)9-13(18)17-7-2-5-16-6-8-17/h1,3-4,16H,2,5-9H2. The van der Waals surface area contributed by atoms with Crippen LogP contribution in [0, 0.1) is 0 Å². The monoisotopic (exact) mass is 286 g/mol. The Morgan fingerprint density at radius 1 is 1.22 bits per heavy atom. The Balaban J connectivity index is 2.06. The number of benzene rings is 1. The third-order valence-corrected chi connectivity index (χ3v) is 3.79. The fourth-order valence-electron chi connectivity index (χ4n) is 2.06. The van der Waals surface area contributed by atoms with Gasteiger partial charge in [0.15, 0.2) is 0 Å². The first kappa shape index (κ1) is 13.7. The molecule has 1 N–H and O–H groups in total. The number of carbonyl (C=O) groups excluding carboxylic acids is 1. The van der Waals surface area contributed by atoms with Crippen molar-refractivity contribution in [1.82, 2.24) is 10.2 Å². The molecular formula is C13H16Cl2N2O. The highest BCUT2D eigenvalue weighted by atomic mass is 35.5. The van der Waals surface area contributed by atoms with Crippen LogP contribution in [0.2, 0.25) is 10.0 Å². The molecule has 0 atom stereocenters. The van der Waals surface area contributed by atoms with Gasteiger partial charge in [-0.15, -0.1) is 0 Å². The molecule has 1 aromatic rings. The molecule has 0 spiro atoms. The Bertz CT molecular complexity index is 409. The predicted molar refractivity (Wildman–Crippen MR) is 74.2 cm³/mol. The molecule has 1 saturated heterocycles. The summed E-state index contributed by atoms with van der Waals surface area (Å²) in [5, 5.41) is 4.39. The van der Waals surface area contributed by atoms with Crippen LogP contribution in [-0.4, -0.2) is 37.0 Å². The average Bonchev–Trinajstić information content (AvgIpc) is 2.62. The topological polar surface area (TPSA) is 32.3 Å². The summed E-state index contributed by atoms with van der Waals surface area (Å²) >= 11 is 12.2. The van der Waals surface area contributed by atoms with Crippen molar-refractivity contribution in [3.8, 4) is 0 Å². The maximum Gasteiger partial charge on any atom is 0.227 e. The Hall–Kier alpha value is -0.770. The first-order chi connectivity index (χ1) is 8.68. The van der Waals surface area contributed by atoms with Gasteiger partial charge in [0.05, 0.1) is 6.42 Å². The van der Waals surface area contributed by atoms with Crippen molar-refractivity contribution in [3.63, 3.8) is 0 Å². The van der Waals surface area contributed by atoms with Gasteiger partial charge in [-0.1, -0.05) is 29.3 Å². The van der Waals surface area contributed by atoms with Crippen molar-refractivity contribution < 1.29 is 4.79 Å². The van der Waals surface area contributed by atoms with Gasteiger partial charge in [-0.2, -0.15) is 0 Å². The van der Waals surface area contributed by atoms with Gasteiger partial charge in [-0.25, -0.2) is 0 Å². The first-order valence-corrected chi connectivity index (χ1v) is 6.85. The lowest BCUT2D eigenvalue weighted by Gasteiger charge is -2.20. The molecule has 0 saturated carbocycles. The lowest BCUT2D eigenvalue weighted by molar-refractivity contribution is -0.130. The number of nitrogens with one attached hydrogen (secondary N) is 1. The second kappa shape index (κ2) is 6.41. The Labute approximate surface area is 117 Å². The molecule has 0 aromatic heterocycles. The Morgan fingerprint density at radius 3 is 2.67 bits per heavy atom. The minimum absolute atomic E-state index is 0.0914. The van der Waals surface area contributed by atoms with Gasteiger partial charge >= 0.3 is 0 Å². The third-order valence-electron chi connectivity index (χ3n) is 3.08. The van der Waals surface area contributed by atoms with Crippen LogP contribution in [0.5, 0.6) is 0 Å². The largest absolute Gasteiger partial charge is 0.341 e. The maximum atomic E-state index is 12.2. The zero-order valence-corrected chi connectivity index (χ0v) is 11.6. The zero-order valence-electron chi connectivity index (χ0n) is 10.1. The fraction of sp³-hybridized carbons (Fsp3) is 0.462.